The lowest BCUT2D eigenvalue weighted by atomic mass is 9.82. The van der Waals surface area contributed by atoms with Gasteiger partial charge in [-0.3, -0.25) is 9.59 Å². The zero-order valence-electron chi connectivity index (χ0n) is 16.0. The summed E-state index contributed by atoms with van der Waals surface area (Å²) in [6.45, 7) is 0.695. The molecule has 0 aromatic carbocycles. The molecule has 0 saturated heterocycles. The Hall–Kier alpha value is -1.34. The molecule has 4 fully saturated rings. The van der Waals surface area contributed by atoms with Gasteiger partial charge in [-0.1, -0.05) is 0 Å². The number of carbonyl (C=O) groups excluding carboxylic acids is 2. The summed E-state index contributed by atoms with van der Waals surface area (Å²) < 4.78 is 53.2. The predicted molar refractivity (Wildman–Crippen MR) is 93.9 cm³/mol. The topological polar surface area (TPSA) is 58.2 Å². The van der Waals surface area contributed by atoms with Crippen molar-refractivity contribution in [2.24, 2.45) is 22.7 Å². The van der Waals surface area contributed by atoms with Crippen LogP contribution in [0, 0.1) is 22.7 Å². The number of nitrogens with one attached hydrogen (secondary N) is 2. The van der Waals surface area contributed by atoms with Crippen molar-refractivity contribution >= 4 is 11.8 Å². The minimum atomic E-state index is -2.56. The third kappa shape index (κ3) is 4.01. The predicted octanol–water partition coefficient (Wildman–Crippen LogP) is 3.65. The summed E-state index contributed by atoms with van der Waals surface area (Å²) in [6.07, 6.45) is 3.23. The van der Waals surface area contributed by atoms with Gasteiger partial charge in [-0.25, -0.2) is 17.6 Å². The Morgan fingerprint density at radius 1 is 0.643 bits per heavy atom. The molecule has 4 aliphatic rings. The van der Waals surface area contributed by atoms with Crippen LogP contribution in [0.25, 0.3) is 0 Å². The molecule has 0 aliphatic heterocycles. The van der Waals surface area contributed by atoms with Gasteiger partial charge in [0, 0.05) is 38.8 Å². The molecule has 2 atom stereocenters. The third-order valence-electron chi connectivity index (χ3n) is 7.90. The highest BCUT2D eigenvalue weighted by molar-refractivity contribution is 6.35. The van der Waals surface area contributed by atoms with Crippen LogP contribution in [0.15, 0.2) is 0 Å². The molecule has 0 radical (unpaired) electrons. The molecule has 158 valence electrons. The van der Waals surface area contributed by atoms with Crippen molar-refractivity contribution in [1.82, 2.24) is 10.6 Å². The molecule has 4 saturated carbocycles. The molecular formula is C20H28F4N2O2. The van der Waals surface area contributed by atoms with Crippen LogP contribution in [-0.4, -0.2) is 36.7 Å². The van der Waals surface area contributed by atoms with Crippen LogP contribution in [0.4, 0.5) is 17.6 Å². The second-order valence-electron chi connectivity index (χ2n) is 9.66. The average Bonchev–Trinajstić information content (AvgIpc) is 3.52. The Balaban J connectivity index is 1.14. The van der Waals surface area contributed by atoms with Crippen LogP contribution in [0.5, 0.6) is 0 Å². The van der Waals surface area contributed by atoms with Crippen LogP contribution >= 0.6 is 0 Å². The van der Waals surface area contributed by atoms with Gasteiger partial charge in [-0.05, 0) is 61.2 Å². The van der Waals surface area contributed by atoms with E-state index in [4.69, 9.17) is 0 Å². The number of amides is 2. The first-order valence-corrected chi connectivity index (χ1v) is 10.4. The Labute approximate surface area is 162 Å². The van der Waals surface area contributed by atoms with E-state index in [9.17, 15) is 27.2 Å². The number of alkyl halides is 4. The van der Waals surface area contributed by atoms with E-state index < -0.39 is 23.7 Å². The third-order valence-corrected chi connectivity index (χ3v) is 7.90. The van der Waals surface area contributed by atoms with Gasteiger partial charge in [0.05, 0.1) is 0 Å². The number of hydrogen-bond acceptors (Lipinski definition) is 2. The van der Waals surface area contributed by atoms with E-state index in [1.165, 1.54) is 0 Å². The van der Waals surface area contributed by atoms with Crippen LogP contribution in [-0.2, 0) is 9.59 Å². The Kier molecular flexibility index (Phi) is 4.70. The molecule has 0 aromatic heterocycles. The molecule has 4 aliphatic carbocycles. The first-order valence-electron chi connectivity index (χ1n) is 10.4. The summed E-state index contributed by atoms with van der Waals surface area (Å²) in [6, 6.07) is 0. The van der Waals surface area contributed by atoms with Gasteiger partial charge in [0.25, 0.3) is 0 Å². The van der Waals surface area contributed by atoms with Crippen LogP contribution in [0.3, 0.4) is 0 Å². The van der Waals surface area contributed by atoms with Crippen molar-refractivity contribution < 1.29 is 27.2 Å². The van der Waals surface area contributed by atoms with E-state index >= 15 is 0 Å². The SMILES string of the molecule is O=C(NCC1CC12CCC(F)(F)CC2)C(=O)NCC1CC12CCC(F)(F)CC2. The average molecular weight is 404 g/mol. The fourth-order valence-corrected chi connectivity index (χ4v) is 5.49. The number of halogens is 4. The molecular weight excluding hydrogens is 376 g/mol. The molecule has 2 spiro atoms. The van der Waals surface area contributed by atoms with Gasteiger partial charge in [-0.2, -0.15) is 0 Å². The quantitative estimate of drug-likeness (QED) is 0.555. The summed E-state index contributed by atoms with van der Waals surface area (Å²) in [5, 5.41) is 5.25. The van der Waals surface area contributed by atoms with E-state index in [0.29, 0.717) is 38.8 Å². The Morgan fingerprint density at radius 3 is 1.29 bits per heavy atom. The smallest absolute Gasteiger partial charge is 0.309 e. The monoisotopic (exact) mass is 404 g/mol. The van der Waals surface area contributed by atoms with Crippen molar-refractivity contribution in [2.75, 3.05) is 13.1 Å². The standard InChI is InChI=1S/C20H28F4N2O2/c21-19(22)5-1-17(2-6-19)9-13(17)11-25-15(27)16(28)26-12-14-10-18(14)3-7-20(23,24)8-4-18/h13-14H,1-12H2,(H,25,27)(H,26,28). The zero-order chi connectivity index (χ0) is 20.2. The lowest BCUT2D eigenvalue weighted by Gasteiger charge is -2.29. The van der Waals surface area contributed by atoms with Gasteiger partial charge in [0.15, 0.2) is 0 Å². The van der Waals surface area contributed by atoms with Crippen molar-refractivity contribution in [3.8, 4) is 0 Å². The summed E-state index contributed by atoms with van der Waals surface area (Å²) in [7, 11) is 0. The maximum Gasteiger partial charge on any atom is 0.309 e. The minimum absolute atomic E-state index is 0.0745. The Bertz CT molecular complexity index is 591. The van der Waals surface area contributed by atoms with E-state index in [1.54, 1.807) is 0 Å². The van der Waals surface area contributed by atoms with E-state index in [0.717, 1.165) is 12.8 Å². The molecule has 2 unspecified atom stereocenters. The first kappa shape index (κ1) is 20.0. The van der Waals surface area contributed by atoms with Gasteiger partial charge < -0.3 is 10.6 Å². The van der Waals surface area contributed by atoms with E-state index in [2.05, 4.69) is 10.6 Å². The highest BCUT2D eigenvalue weighted by Gasteiger charge is 2.58. The summed E-state index contributed by atoms with van der Waals surface area (Å²) in [4.78, 5) is 24.0. The molecule has 28 heavy (non-hydrogen) atoms. The van der Waals surface area contributed by atoms with Gasteiger partial charge in [0.2, 0.25) is 11.8 Å². The van der Waals surface area contributed by atoms with Crippen molar-refractivity contribution in [1.29, 1.82) is 0 Å². The molecule has 4 rings (SSSR count). The minimum Gasteiger partial charge on any atom is -0.348 e. The normalized spacial score (nSPS) is 33.3. The maximum absolute atomic E-state index is 13.3. The first-order chi connectivity index (χ1) is 13.1. The van der Waals surface area contributed by atoms with Crippen molar-refractivity contribution in [3.05, 3.63) is 0 Å². The maximum atomic E-state index is 13.3. The number of rotatable bonds is 4. The summed E-state index contributed by atoms with van der Waals surface area (Å²) in [5.74, 6) is -6.17. The van der Waals surface area contributed by atoms with Gasteiger partial charge in [-0.15, -0.1) is 0 Å². The van der Waals surface area contributed by atoms with E-state index in [-0.39, 0.29) is 48.3 Å². The van der Waals surface area contributed by atoms with Crippen molar-refractivity contribution in [3.63, 3.8) is 0 Å². The highest BCUT2D eigenvalue weighted by Crippen LogP contribution is 2.64. The summed E-state index contributed by atoms with van der Waals surface area (Å²) >= 11 is 0. The van der Waals surface area contributed by atoms with Crippen molar-refractivity contribution in [2.45, 2.75) is 76.1 Å². The van der Waals surface area contributed by atoms with Crippen LogP contribution in [0.2, 0.25) is 0 Å². The molecule has 0 bridgehead atoms. The number of carbonyl (C=O) groups is 2. The second kappa shape index (κ2) is 6.59. The molecule has 8 heteroatoms. The van der Waals surface area contributed by atoms with Crippen LogP contribution < -0.4 is 10.6 Å². The van der Waals surface area contributed by atoms with Gasteiger partial charge in [0.1, 0.15) is 0 Å². The molecule has 0 heterocycles. The largest absolute Gasteiger partial charge is 0.348 e. The zero-order valence-corrected chi connectivity index (χ0v) is 16.0. The fraction of sp³-hybridized carbons (Fsp3) is 0.900. The lowest BCUT2D eigenvalue weighted by molar-refractivity contribution is -0.139. The molecule has 2 N–H and O–H groups in total. The van der Waals surface area contributed by atoms with Crippen LogP contribution in [0.1, 0.15) is 64.2 Å². The van der Waals surface area contributed by atoms with Gasteiger partial charge >= 0.3 is 11.8 Å². The molecule has 2 amide bonds. The Morgan fingerprint density at radius 2 is 0.964 bits per heavy atom. The number of hydrogen-bond donors (Lipinski definition) is 2. The molecule has 0 aromatic rings. The lowest BCUT2D eigenvalue weighted by Crippen LogP contribution is -2.42. The van der Waals surface area contributed by atoms with E-state index in [1.807, 2.05) is 0 Å². The summed E-state index contributed by atoms with van der Waals surface area (Å²) in [5.41, 5.74) is -0.149. The second-order valence-corrected chi connectivity index (χ2v) is 9.66. The fourth-order valence-electron chi connectivity index (χ4n) is 5.49. The highest BCUT2D eigenvalue weighted by atomic mass is 19.3. The molecule has 4 nitrogen and oxygen atoms in total.